The van der Waals surface area contributed by atoms with Crippen LogP contribution in [0.25, 0.3) is 0 Å². The summed E-state index contributed by atoms with van der Waals surface area (Å²) in [6, 6.07) is 1.90. The van der Waals surface area contributed by atoms with Gasteiger partial charge >= 0.3 is 5.69 Å². The molecule has 1 saturated heterocycles. The Kier molecular flexibility index (Phi) is 4.90. The highest BCUT2D eigenvalue weighted by Gasteiger charge is 2.30. The van der Waals surface area contributed by atoms with E-state index in [0.29, 0.717) is 19.6 Å². The Morgan fingerprint density at radius 3 is 2.54 bits per heavy atom. The van der Waals surface area contributed by atoms with Crippen molar-refractivity contribution in [1.82, 2.24) is 24.5 Å². The van der Waals surface area contributed by atoms with Crippen molar-refractivity contribution in [2.24, 2.45) is 0 Å². The number of nitrogens with two attached hydrogens (primary N) is 1. The van der Waals surface area contributed by atoms with E-state index in [2.05, 4.69) is 15.0 Å². The monoisotopic (exact) mass is 388 g/mol. The maximum Gasteiger partial charge on any atom is 0.330 e. The zero-order chi connectivity index (χ0) is 19.8. The van der Waals surface area contributed by atoms with Gasteiger partial charge in [-0.25, -0.2) is 4.79 Å². The van der Waals surface area contributed by atoms with E-state index in [9.17, 15) is 14.4 Å². The van der Waals surface area contributed by atoms with Gasteiger partial charge in [-0.15, -0.1) is 0 Å². The first kappa shape index (κ1) is 18.6. The predicted molar refractivity (Wildman–Crippen MR) is 101 cm³/mol. The number of H-pyrrole nitrogens is 1. The second-order valence-corrected chi connectivity index (χ2v) is 7.53. The third kappa shape index (κ3) is 3.78. The van der Waals surface area contributed by atoms with Crippen LogP contribution in [0.4, 0.5) is 5.82 Å². The van der Waals surface area contributed by atoms with E-state index in [1.807, 2.05) is 17.9 Å². The van der Waals surface area contributed by atoms with Crippen LogP contribution in [0.15, 0.2) is 20.2 Å². The molecule has 2 fully saturated rings. The number of carbonyl (C=O) groups is 1. The van der Waals surface area contributed by atoms with Gasteiger partial charge in [0.1, 0.15) is 17.1 Å². The highest BCUT2D eigenvalue weighted by atomic mass is 16.5. The number of nitrogens with one attached hydrogen (secondary N) is 1. The number of aromatic amines is 1. The average Bonchev–Trinajstić information content (AvgIpc) is 3.38. The average molecular weight is 388 g/mol. The van der Waals surface area contributed by atoms with Crippen molar-refractivity contribution in [2.75, 3.05) is 38.5 Å². The summed E-state index contributed by atoms with van der Waals surface area (Å²) in [7, 11) is 0. The Morgan fingerprint density at radius 1 is 1.25 bits per heavy atom. The standard InChI is InChI=1S/C18H24N6O4/c1-11-8-12(21-28-11)9-22-4-6-23(7-5-22)10-14(25)15-16(19)24(13-2-3-13)18(27)20-17(15)26/h8,13H,2-7,9-10,19H2,1H3,(H,20,26,27). The summed E-state index contributed by atoms with van der Waals surface area (Å²) in [6.45, 7) is 5.63. The molecule has 1 aliphatic heterocycles. The number of nitrogens with zero attached hydrogens (tertiary/aromatic N) is 4. The number of anilines is 1. The van der Waals surface area contributed by atoms with Crippen LogP contribution in [-0.2, 0) is 6.54 Å². The molecule has 10 heteroatoms. The van der Waals surface area contributed by atoms with E-state index in [1.165, 1.54) is 4.57 Å². The molecule has 0 aromatic carbocycles. The lowest BCUT2D eigenvalue weighted by molar-refractivity contribution is 0.0839. The maximum atomic E-state index is 12.7. The number of Topliss-reactive ketones (excluding diaryl/α,β-unsaturated/α-hetero) is 1. The van der Waals surface area contributed by atoms with Crippen LogP contribution in [-0.4, -0.2) is 63.0 Å². The molecular formula is C18H24N6O4. The molecule has 3 heterocycles. The summed E-state index contributed by atoms with van der Waals surface area (Å²) in [5.41, 5.74) is 5.56. The van der Waals surface area contributed by atoms with Crippen LogP contribution in [0.3, 0.4) is 0 Å². The number of nitrogen functional groups attached to an aromatic ring is 1. The number of rotatable bonds is 6. The topological polar surface area (TPSA) is 130 Å². The fourth-order valence-corrected chi connectivity index (χ4v) is 3.64. The quantitative estimate of drug-likeness (QED) is 0.648. The highest BCUT2D eigenvalue weighted by Crippen LogP contribution is 2.35. The molecule has 0 atom stereocenters. The molecule has 1 saturated carbocycles. The van der Waals surface area contributed by atoms with E-state index in [4.69, 9.17) is 10.3 Å². The summed E-state index contributed by atoms with van der Waals surface area (Å²) in [5, 5.41) is 4.01. The van der Waals surface area contributed by atoms with Gasteiger partial charge in [0.25, 0.3) is 5.56 Å². The van der Waals surface area contributed by atoms with Gasteiger partial charge in [0.2, 0.25) is 0 Å². The lowest BCUT2D eigenvalue weighted by Gasteiger charge is -2.33. The maximum absolute atomic E-state index is 12.7. The fourth-order valence-electron chi connectivity index (χ4n) is 3.64. The second kappa shape index (κ2) is 7.36. The van der Waals surface area contributed by atoms with Crippen molar-refractivity contribution in [3.05, 3.63) is 43.9 Å². The number of aromatic nitrogens is 3. The van der Waals surface area contributed by atoms with Crippen molar-refractivity contribution < 1.29 is 9.32 Å². The first-order chi connectivity index (χ1) is 13.4. The highest BCUT2D eigenvalue weighted by molar-refractivity contribution is 6.01. The van der Waals surface area contributed by atoms with Gasteiger partial charge in [0.05, 0.1) is 12.2 Å². The van der Waals surface area contributed by atoms with E-state index in [1.54, 1.807) is 0 Å². The minimum Gasteiger partial charge on any atom is -0.384 e. The molecule has 3 N–H and O–H groups in total. The van der Waals surface area contributed by atoms with Gasteiger partial charge in [0.15, 0.2) is 5.78 Å². The fraction of sp³-hybridized carbons (Fsp3) is 0.556. The summed E-state index contributed by atoms with van der Waals surface area (Å²) in [5.74, 6) is 0.421. The normalized spacial score (nSPS) is 18.5. The van der Waals surface area contributed by atoms with Gasteiger partial charge in [-0.05, 0) is 19.8 Å². The van der Waals surface area contributed by atoms with E-state index in [-0.39, 0.29) is 29.8 Å². The molecule has 0 radical (unpaired) electrons. The Morgan fingerprint density at radius 2 is 1.93 bits per heavy atom. The van der Waals surface area contributed by atoms with Gasteiger partial charge in [-0.3, -0.25) is 28.9 Å². The molecule has 2 aromatic heterocycles. The van der Waals surface area contributed by atoms with Gasteiger partial charge in [0, 0.05) is 44.8 Å². The van der Waals surface area contributed by atoms with E-state index >= 15 is 0 Å². The molecule has 10 nitrogen and oxygen atoms in total. The SMILES string of the molecule is Cc1cc(CN2CCN(CC(=O)c3c(N)n(C4CC4)c(=O)[nH]c3=O)CC2)no1. The number of ketones is 1. The zero-order valence-electron chi connectivity index (χ0n) is 15.8. The van der Waals surface area contributed by atoms with Crippen LogP contribution < -0.4 is 17.0 Å². The van der Waals surface area contributed by atoms with E-state index < -0.39 is 11.2 Å². The molecule has 2 aliphatic rings. The first-order valence-electron chi connectivity index (χ1n) is 9.47. The van der Waals surface area contributed by atoms with Crippen LogP contribution >= 0.6 is 0 Å². The van der Waals surface area contributed by atoms with Gasteiger partial charge in [-0.2, -0.15) is 0 Å². The molecule has 0 spiro atoms. The lowest BCUT2D eigenvalue weighted by Crippen LogP contribution is -2.48. The van der Waals surface area contributed by atoms with Crippen molar-refractivity contribution in [3.63, 3.8) is 0 Å². The van der Waals surface area contributed by atoms with Crippen LogP contribution in [0.2, 0.25) is 0 Å². The van der Waals surface area contributed by atoms with Crippen molar-refractivity contribution >= 4 is 11.6 Å². The Labute approximate surface area is 160 Å². The molecule has 0 bridgehead atoms. The molecule has 28 heavy (non-hydrogen) atoms. The van der Waals surface area contributed by atoms with Crippen molar-refractivity contribution in [3.8, 4) is 0 Å². The van der Waals surface area contributed by atoms with Crippen molar-refractivity contribution in [2.45, 2.75) is 32.4 Å². The van der Waals surface area contributed by atoms with Crippen LogP contribution in [0.1, 0.15) is 40.7 Å². The Bertz CT molecular complexity index is 994. The van der Waals surface area contributed by atoms with Crippen LogP contribution in [0, 0.1) is 6.92 Å². The molecule has 0 unspecified atom stereocenters. The van der Waals surface area contributed by atoms with E-state index in [0.717, 1.165) is 37.4 Å². The molecule has 0 amide bonds. The number of hydrogen-bond donors (Lipinski definition) is 2. The number of aryl methyl sites for hydroxylation is 1. The summed E-state index contributed by atoms with van der Waals surface area (Å²) in [4.78, 5) is 43.4. The van der Waals surface area contributed by atoms with Gasteiger partial charge < -0.3 is 10.3 Å². The summed E-state index contributed by atoms with van der Waals surface area (Å²) in [6.07, 6.45) is 1.66. The second-order valence-electron chi connectivity index (χ2n) is 7.53. The molecular weight excluding hydrogens is 364 g/mol. The molecule has 1 aliphatic carbocycles. The number of hydrogen-bond acceptors (Lipinski definition) is 8. The third-order valence-electron chi connectivity index (χ3n) is 5.27. The first-order valence-corrected chi connectivity index (χ1v) is 9.47. The predicted octanol–water partition coefficient (Wildman–Crippen LogP) is -0.249. The third-order valence-corrected chi connectivity index (χ3v) is 5.27. The summed E-state index contributed by atoms with van der Waals surface area (Å²) < 4.78 is 6.43. The Hall–Kier alpha value is -2.72. The largest absolute Gasteiger partial charge is 0.384 e. The number of carbonyl (C=O) groups excluding carboxylic acids is 1. The molecule has 150 valence electrons. The summed E-state index contributed by atoms with van der Waals surface area (Å²) >= 11 is 0. The minimum atomic E-state index is -0.704. The Balaban J connectivity index is 1.39. The van der Waals surface area contributed by atoms with Crippen LogP contribution in [0.5, 0.6) is 0 Å². The number of piperazine rings is 1. The zero-order valence-corrected chi connectivity index (χ0v) is 15.8. The lowest BCUT2D eigenvalue weighted by atomic mass is 10.1. The molecule has 4 rings (SSSR count). The molecule has 2 aromatic rings. The smallest absolute Gasteiger partial charge is 0.330 e. The van der Waals surface area contributed by atoms with Gasteiger partial charge in [-0.1, -0.05) is 5.16 Å². The minimum absolute atomic E-state index is 0.0127. The van der Waals surface area contributed by atoms with Crippen molar-refractivity contribution in [1.29, 1.82) is 0 Å².